The molecule has 17 heavy (non-hydrogen) atoms. The Labute approximate surface area is 103 Å². The van der Waals surface area contributed by atoms with Gasteiger partial charge in [0, 0.05) is 13.0 Å². The second-order valence-electron chi connectivity index (χ2n) is 3.44. The second-order valence-corrected chi connectivity index (χ2v) is 4.38. The van der Waals surface area contributed by atoms with Gasteiger partial charge in [-0.25, -0.2) is 4.98 Å². The zero-order valence-electron chi connectivity index (χ0n) is 9.18. The van der Waals surface area contributed by atoms with Crippen LogP contribution in [0.3, 0.4) is 0 Å². The molecule has 0 saturated heterocycles. The van der Waals surface area contributed by atoms with Crippen LogP contribution < -0.4 is 11.1 Å². The standard InChI is InChI=1S/C11H13N3O2S/c12-4-3-10(15)13-6-8-7-16-11(14-8)9-2-1-5-17-9/h1-2,5,7H,3-4,6,12H2,(H,13,15). The van der Waals surface area contributed by atoms with E-state index in [2.05, 4.69) is 10.3 Å². The first kappa shape index (κ1) is 11.8. The molecule has 0 aromatic carbocycles. The van der Waals surface area contributed by atoms with Crippen LogP contribution in [0.25, 0.3) is 10.8 Å². The minimum atomic E-state index is -0.0758. The largest absolute Gasteiger partial charge is 0.443 e. The third-order valence-corrected chi connectivity index (χ3v) is 2.98. The summed E-state index contributed by atoms with van der Waals surface area (Å²) in [6, 6.07) is 3.88. The highest BCUT2D eigenvalue weighted by atomic mass is 32.1. The van der Waals surface area contributed by atoms with Crippen molar-refractivity contribution in [1.29, 1.82) is 0 Å². The molecule has 2 heterocycles. The summed E-state index contributed by atoms with van der Waals surface area (Å²) in [6.07, 6.45) is 1.88. The fourth-order valence-electron chi connectivity index (χ4n) is 1.31. The quantitative estimate of drug-likeness (QED) is 0.841. The summed E-state index contributed by atoms with van der Waals surface area (Å²) in [5.41, 5.74) is 5.98. The van der Waals surface area contributed by atoms with E-state index in [0.29, 0.717) is 31.1 Å². The minimum Gasteiger partial charge on any atom is -0.443 e. The van der Waals surface area contributed by atoms with E-state index >= 15 is 0 Å². The molecule has 0 bridgehead atoms. The van der Waals surface area contributed by atoms with Crippen molar-refractivity contribution in [3.05, 3.63) is 29.5 Å². The molecule has 90 valence electrons. The molecule has 0 fully saturated rings. The number of nitrogens with one attached hydrogen (secondary N) is 1. The number of hydrogen-bond acceptors (Lipinski definition) is 5. The number of carbonyl (C=O) groups is 1. The highest BCUT2D eigenvalue weighted by Gasteiger charge is 2.08. The molecule has 1 amide bonds. The van der Waals surface area contributed by atoms with Gasteiger partial charge in [-0.1, -0.05) is 6.07 Å². The van der Waals surface area contributed by atoms with Crippen molar-refractivity contribution in [2.75, 3.05) is 6.54 Å². The van der Waals surface area contributed by atoms with E-state index in [1.54, 1.807) is 17.6 Å². The Hall–Kier alpha value is -1.66. The Morgan fingerprint density at radius 1 is 1.59 bits per heavy atom. The molecular formula is C11H13N3O2S. The van der Waals surface area contributed by atoms with Gasteiger partial charge in [0.05, 0.1) is 17.1 Å². The van der Waals surface area contributed by atoms with Crippen LogP contribution in [0.15, 0.2) is 28.2 Å². The van der Waals surface area contributed by atoms with Gasteiger partial charge in [-0.3, -0.25) is 4.79 Å². The number of amides is 1. The Bertz CT molecular complexity index is 479. The molecule has 0 spiro atoms. The predicted octanol–water partition coefficient (Wildman–Crippen LogP) is 1.37. The lowest BCUT2D eigenvalue weighted by molar-refractivity contribution is -0.121. The van der Waals surface area contributed by atoms with Gasteiger partial charge in [0.15, 0.2) is 0 Å². The predicted molar refractivity (Wildman–Crippen MR) is 65.3 cm³/mol. The summed E-state index contributed by atoms with van der Waals surface area (Å²) in [5.74, 6) is 0.510. The molecule has 0 radical (unpaired) electrons. The molecule has 6 heteroatoms. The van der Waals surface area contributed by atoms with Crippen molar-refractivity contribution < 1.29 is 9.21 Å². The number of oxazole rings is 1. The Morgan fingerprint density at radius 2 is 2.47 bits per heavy atom. The Morgan fingerprint density at radius 3 is 3.18 bits per heavy atom. The number of aromatic nitrogens is 1. The van der Waals surface area contributed by atoms with Crippen LogP contribution in [0.2, 0.25) is 0 Å². The van der Waals surface area contributed by atoms with Gasteiger partial charge in [0.25, 0.3) is 0 Å². The third-order valence-electron chi connectivity index (χ3n) is 2.12. The van der Waals surface area contributed by atoms with E-state index in [1.807, 2.05) is 17.5 Å². The van der Waals surface area contributed by atoms with Gasteiger partial charge < -0.3 is 15.5 Å². The molecule has 0 aliphatic carbocycles. The first-order chi connectivity index (χ1) is 8.29. The second kappa shape index (κ2) is 5.60. The Kier molecular flexibility index (Phi) is 3.89. The molecule has 0 aliphatic heterocycles. The first-order valence-electron chi connectivity index (χ1n) is 5.24. The van der Waals surface area contributed by atoms with E-state index in [-0.39, 0.29) is 5.91 Å². The van der Waals surface area contributed by atoms with Gasteiger partial charge in [-0.2, -0.15) is 0 Å². The van der Waals surface area contributed by atoms with Gasteiger partial charge >= 0.3 is 0 Å². The maximum Gasteiger partial charge on any atom is 0.236 e. The maximum absolute atomic E-state index is 11.2. The van der Waals surface area contributed by atoms with E-state index in [4.69, 9.17) is 10.2 Å². The van der Waals surface area contributed by atoms with Crippen LogP contribution in [0.1, 0.15) is 12.1 Å². The van der Waals surface area contributed by atoms with Crippen molar-refractivity contribution in [2.24, 2.45) is 5.73 Å². The summed E-state index contributed by atoms with van der Waals surface area (Å²) < 4.78 is 5.32. The highest BCUT2D eigenvalue weighted by molar-refractivity contribution is 7.13. The van der Waals surface area contributed by atoms with Gasteiger partial charge in [-0.15, -0.1) is 11.3 Å². The minimum absolute atomic E-state index is 0.0758. The van der Waals surface area contributed by atoms with Gasteiger partial charge in [0.1, 0.15) is 6.26 Å². The van der Waals surface area contributed by atoms with Crippen LogP contribution in [0.5, 0.6) is 0 Å². The molecule has 5 nitrogen and oxygen atoms in total. The van der Waals surface area contributed by atoms with Crippen LogP contribution in [0, 0.1) is 0 Å². The number of nitrogens with zero attached hydrogens (tertiary/aromatic N) is 1. The molecular weight excluding hydrogens is 238 g/mol. The number of thiophene rings is 1. The topological polar surface area (TPSA) is 81.2 Å². The summed E-state index contributed by atoms with van der Waals surface area (Å²) in [7, 11) is 0. The number of rotatable bonds is 5. The number of nitrogens with two attached hydrogens (primary N) is 1. The number of hydrogen-bond donors (Lipinski definition) is 2. The van der Waals surface area contributed by atoms with E-state index in [1.165, 1.54) is 0 Å². The van der Waals surface area contributed by atoms with E-state index in [9.17, 15) is 4.79 Å². The zero-order chi connectivity index (χ0) is 12.1. The van der Waals surface area contributed by atoms with Crippen LogP contribution in [-0.4, -0.2) is 17.4 Å². The molecule has 3 N–H and O–H groups in total. The summed E-state index contributed by atoms with van der Waals surface area (Å²) in [6.45, 7) is 0.721. The molecule has 2 aromatic heterocycles. The molecule has 0 saturated carbocycles. The van der Waals surface area contributed by atoms with Crippen LogP contribution in [-0.2, 0) is 11.3 Å². The van der Waals surface area contributed by atoms with Crippen LogP contribution in [0.4, 0.5) is 0 Å². The lowest BCUT2D eigenvalue weighted by Crippen LogP contribution is -2.25. The normalized spacial score (nSPS) is 10.4. The molecule has 0 aliphatic rings. The van der Waals surface area contributed by atoms with Crippen LogP contribution >= 0.6 is 11.3 Å². The lowest BCUT2D eigenvalue weighted by Gasteiger charge is -1.99. The summed E-state index contributed by atoms with van der Waals surface area (Å²) in [4.78, 5) is 16.5. The monoisotopic (exact) mass is 251 g/mol. The zero-order valence-corrected chi connectivity index (χ0v) is 10.00. The maximum atomic E-state index is 11.2. The molecule has 2 rings (SSSR count). The van der Waals surface area contributed by atoms with Crippen molar-refractivity contribution >= 4 is 17.2 Å². The van der Waals surface area contributed by atoms with E-state index < -0.39 is 0 Å². The molecule has 0 unspecified atom stereocenters. The molecule has 0 atom stereocenters. The number of carbonyl (C=O) groups excluding carboxylic acids is 1. The van der Waals surface area contributed by atoms with Crippen molar-refractivity contribution in [3.63, 3.8) is 0 Å². The van der Waals surface area contributed by atoms with Crippen molar-refractivity contribution in [3.8, 4) is 10.8 Å². The fourth-order valence-corrected chi connectivity index (χ4v) is 1.97. The fraction of sp³-hybridized carbons (Fsp3) is 0.273. The highest BCUT2D eigenvalue weighted by Crippen LogP contribution is 2.23. The average Bonchev–Trinajstić information content (AvgIpc) is 2.97. The third kappa shape index (κ3) is 3.15. The molecule has 2 aromatic rings. The Balaban J connectivity index is 1.93. The van der Waals surface area contributed by atoms with Gasteiger partial charge in [0.2, 0.25) is 11.8 Å². The summed E-state index contributed by atoms with van der Waals surface area (Å²) >= 11 is 1.56. The van der Waals surface area contributed by atoms with Gasteiger partial charge in [-0.05, 0) is 11.4 Å². The lowest BCUT2D eigenvalue weighted by atomic mass is 10.4. The van der Waals surface area contributed by atoms with Crippen molar-refractivity contribution in [1.82, 2.24) is 10.3 Å². The summed E-state index contributed by atoms with van der Waals surface area (Å²) in [5, 5.41) is 4.68. The SMILES string of the molecule is NCCC(=O)NCc1coc(-c2cccs2)n1. The first-order valence-corrected chi connectivity index (χ1v) is 6.12. The van der Waals surface area contributed by atoms with E-state index in [0.717, 1.165) is 4.88 Å². The van der Waals surface area contributed by atoms with Crippen molar-refractivity contribution in [2.45, 2.75) is 13.0 Å². The average molecular weight is 251 g/mol. The smallest absolute Gasteiger partial charge is 0.236 e.